The average Bonchev–Trinajstić information content (AvgIpc) is 2.88. The molecule has 2 N–H and O–H groups in total. The van der Waals surface area contributed by atoms with Crippen molar-refractivity contribution in [3.63, 3.8) is 0 Å². The Bertz CT molecular complexity index is 1280. The SMILES string of the molecule is CCOc1cc(/C=N/NC(=O)C(NC(=O)c2ccc(Cl)cc2)C(C)C)cc(Br)c1OCc1ccc(Br)cc1. The maximum Gasteiger partial charge on any atom is 0.262 e. The second kappa shape index (κ2) is 14.3. The molecule has 200 valence electrons. The molecule has 0 spiro atoms. The molecule has 2 amide bonds. The Labute approximate surface area is 244 Å². The largest absolute Gasteiger partial charge is 0.490 e. The van der Waals surface area contributed by atoms with E-state index in [0.717, 1.165) is 10.0 Å². The molecule has 0 radical (unpaired) electrons. The number of nitrogens with one attached hydrogen (secondary N) is 2. The molecule has 10 heteroatoms. The van der Waals surface area contributed by atoms with Crippen molar-refractivity contribution in [1.82, 2.24) is 10.7 Å². The smallest absolute Gasteiger partial charge is 0.262 e. The Hall–Kier alpha value is -2.88. The van der Waals surface area contributed by atoms with Crippen LogP contribution in [0.4, 0.5) is 0 Å². The molecule has 1 atom stereocenters. The highest BCUT2D eigenvalue weighted by atomic mass is 79.9. The zero-order chi connectivity index (χ0) is 27.7. The molecule has 0 aliphatic carbocycles. The van der Waals surface area contributed by atoms with Gasteiger partial charge in [-0.3, -0.25) is 9.59 Å². The van der Waals surface area contributed by atoms with Crippen LogP contribution in [0.3, 0.4) is 0 Å². The molecule has 3 rings (SSSR count). The molecule has 0 aliphatic rings. The lowest BCUT2D eigenvalue weighted by Gasteiger charge is -2.20. The Morgan fingerprint density at radius 2 is 1.71 bits per heavy atom. The number of hydrogen-bond acceptors (Lipinski definition) is 5. The lowest BCUT2D eigenvalue weighted by atomic mass is 10.0. The predicted octanol–water partition coefficient (Wildman–Crippen LogP) is 6.75. The monoisotopic (exact) mass is 663 g/mol. The zero-order valence-electron chi connectivity index (χ0n) is 21.1. The zero-order valence-corrected chi connectivity index (χ0v) is 25.1. The van der Waals surface area contributed by atoms with Gasteiger partial charge >= 0.3 is 0 Å². The standard InChI is InChI=1S/C28H28Br2ClN3O4/c1-4-37-24-14-19(13-23(30)26(24)38-16-18-5-9-21(29)10-6-18)15-32-34-28(36)25(17(2)3)33-27(35)20-7-11-22(31)12-8-20/h5-15,17,25H,4,16H2,1-3H3,(H,33,35)(H,34,36)/b32-15+. The summed E-state index contributed by atoms with van der Waals surface area (Å²) in [7, 11) is 0. The van der Waals surface area contributed by atoms with Crippen molar-refractivity contribution in [2.75, 3.05) is 6.61 Å². The van der Waals surface area contributed by atoms with Crippen molar-refractivity contribution in [2.45, 2.75) is 33.4 Å². The Kier molecular flexibility index (Phi) is 11.2. The number of amides is 2. The van der Waals surface area contributed by atoms with Crippen molar-refractivity contribution in [3.8, 4) is 11.5 Å². The number of rotatable bonds is 11. The Balaban J connectivity index is 1.67. The van der Waals surface area contributed by atoms with Crippen LogP contribution in [0.15, 0.2) is 74.7 Å². The number of carbonyl (C=O) groups excluding carboxylic acids is 2. The molecule has 0 saturated carbocycles. The first-order valence-electron chi connectivity index (χ1n) is 11.9. The Morgan fingerprint density at radius 1 is 1.03 bits per heavy atom. The first-order valence-corrected chi connectivity index (χ1v) is 13.9. The molecule has 0 bridgehead atoms. The lowest BCUT2D eigenvalue weighted by Crippen LogP contribution is -2.48. The second-order valence-corrected chi connectivity index (χ2v) is 10.8. The van der Waals surface area contributed by atoms with Gasteiger partial charge in [0.25, 0.3) is 11.8 Å². The third-order valence-corrected chi connectivity index (χ3v) is 6.73. The number of hydrazone groups is 1. The fraction of sp³-hybridized carbons (Fsp3) is 0.250. The third kappa shape index (κ3) is 8.58. The topological polar surface area (TPSA) is 89.0 Å². The van der Waals surface area contributed by atoms with E-state index in [2.05, 4.69) is 47.7 Å². The first kappa shape index (κ1) is 29.7. The summed E-state index contributed by atoms with van der Waals surface area (Å²) < 4.78 is 13.5. The molecule has 3 aromatic rings. The highest BCUT2D eigenvalue weighted by Gasteiger charge is 2.24. The molecular formula is C28H28Br2ClN3O4. The van der Waals surface area contributed by atoms with Crippen LogP contribution in [0.5, 0.6) is 11.5 Å². The molecule has 0 aliphatic heterocycles. The number of ether oxygens (including phenoxy) is 2. The summed E-state index contributed by atoms with van der Waals surface area (Å²) >= 11 is 12.9. The molecule has 0 fully saturated rings. The molecule has 0 aromatic heterocycles. The molecule has 38 heavy (non-hydrogen) atoms. The van der Waals surface area contributed by atoms with E-state index in [-0.39, 0.29) is 11.8 Å². The maximum atomic E-state index is 12.8. The summed E-state index contributed by atoms with van der Waals surface area (Å²) in [6.45, 7) is 6.39. The van der Waals surface area contributed by atoms with E-state index in [0.29, 0.717) is 45.3 Å². The summed E-state index contributed by atoms with van der Waals surface area (Å²) in [5, 5.41) is 7.38. The molecule has 0 saturated heterocycles. The van der Waals surface area contributed by atoms with Gasteiger partial charge in [0.1, 0.15) is 12.6 Å². The van der Waals surface area contributed by atoms with E-state index in [9.17, 15) is 9.59 Å². The van der Waals surface area contributed by atoms with E-state index in [4.69, 9.17) is 21.1 Å². The highest BCUT2D eigenvalue weighted by molar-refractivity contribution is 9.10. The second-order valence-electron chi connectivity index (χ2n) is 8.61. The fourth-order valence-corrected chi connectivity index (χ4v) is 4.37. The molecule has 3 aromatic carbocycles. The number of hydrogen-bond donors (Lipinski definition) is 2. The van der Waals surface area contributed by atoms with Gasteiger partial charge in [-0.1, -0.05) is 53.5 Å². The van der Waals surface area contributed by atoms with Crippen LogP contribution in [-0.4, -0.2) is 30.7 Å². The predicted molar refractivity (Wildman–Crippen MR) is 157 cm³/mol. The number of carbonyl (C=O) groups is 2. The van der Waals surface area contributed by atoms with E-state index >= 15 is 0 Å². The van der Waals surface area contributed by atoms with E-state index in [1.807, 2.05) is 51.1 Å². The number of nitrogens with zero attached hydrogens (tertiary/aromatic N) is 1. The van der Waals surface area contributed by atoms with E-state index < -0.39 is 11.9 Å². The van der Waals surface area contributed by atoms with Gasteiger partial charge in [-0.2, -0.15) is 5.10 Å². The quantitative estimate of drug-likeness (QED) is 0.175. The Morgan fingerprint density at radius 3 is 2.34 bits per heavy atom. The van der Waals surface area contributed by atoms with Gasteiger partial charge in [0, 0.05) is 15.1 Å². The van der Waals surface area contributed by atoms with Crippen LogP contribution in [0.2, 0.25) is 5.02 Å². The van der Waals surface area contributed by atoms with Gasteiger partial charge in [-0.25, -0.2) is 5.43 Å². The van der Waals surface area contributed by atoms with Crippen LogP contribution in [0.25, 0.3) is 0 Å². The minimum atomic E-state index is -0.782. The maximum absolute atomic E-state index is 12.8. The summed E-state index contributed by atoms with van der Waals surface area (Å²) in [4.78, 5) is 25.4. The third-order valence-electron chi connectivity index (χ3n) is 5.36. The van der Waals surface area contributed by atoms with Crippen molar-refractivity contribution >= 4 is 61.5 Å². The summed E-state index contributed by atoms with van der Waals surface area (Å²) in [6, 6.07) is 17.1. The van der Waals surface area contributed by atoms with Crippen molar-refractivity contribution < 1.29 is 19.1 Å². The minimum Gasteiger partial charge on any atom is -0.490 e. The molecule has 1 unspecified atom stereocenters. The lowest BCUT2D eigenvalue weighted by molar-refractivity contribution is -0.123. The fourth-order valence-electron chi connectivity index (χ4n) is 3.40. The van der Waals surface area contributed by atoms with Crippen molar-refractivity contribution in [1.29, 1.82) is 0 Å². The van der Waals surface area contributed by atoms with E-state index in [1.54, 1.807) is 30.3 Å². The molecule has 0 heterocycles. The van der Waals surface area contributed by atoms with Gasteiger partial charge in [0.05, 0.1) is 17.3 Å². The van der Waals surface area contributed by atoms with Crippen LogP contribution in [-0.2, 0) is 11.4 Å². The molecule has 7 nitrogen and oxygen atoms in total. The van der Waals surface area contributed by atoms with Gasteiger partial charge in [-0.15, -0.1) is 0 Å². The van der Waals surface area contributed by atoms with Gasteiger partial charge in [0.2, 0.25) is 0 Å². The summed E-state index contributed by atoms with van der Waals surface area (Å²) in [5.41, 5.74) is 4.62. The van der Waals surface area contributed by atoms with Crippen LogP contribution in [0, 0.1) is 5.92 Å². The minimum absolute atomic E-state index is 0.165. The summed E-state index contributed by atoms with van der Waals surface area (Å²) in [6.07, 6.45) is 1.50. The van der Waals surface area contributed by atoms with Crippen LogP contribution >= 0.6 is 43.5 Å². The summed E-state index contributed by atoms with van der Waals surface area (Å²) in [5.74, 6) is 0.144. The van der Waals surface area contributed by atoms with Gasteiger partial charge in [0.15, 0.2) is 11.5 Å². The molecular weight excluding hydrogens is 638 g/mol. The normalized spacial score (nSPS) is 11.9. The van der Waals surface area contributed by atoms with Crippen molar-refractivity contribution in [3.05, 3.63) is 91.3 Å². The average molecular weight is 666 g/mol. The number of benzene rings is 3. The van der Waals surface area contributed by atoms with Crippen molar-refractivity contribution in [2.24, 2.45) is 11.0 Å². The van der Waals surface area contributed by atoms with Crippen LogP contribution < -0.4 is 20.2 Å². The van der Waals surface area contributed by atoms with Gasteiger partial charge < -0.3 is 14.8 Å². The van der Waals surface area contributed by atoms with E-state index in [1.165, 1.54) is 6.21 Å². The van der Waals surface area contributed by atoms with Crippen LogP contribution in [0.1, 0.15) is 42.3 Å². The number of halogens is 3. The first-order chi connectivity index (χ1) is 18.2. The van der Waals surface area contributed by atoms with Gasteiger partial charge in [-0.05, 0) is 88.4 Å². The highest BCUT2D eigenvalue weighted by Crippen LogP contribution is 2.37.